The second kappa shape index (κ2) is 9.97. The van der Waals surface area contributed by atoms with Crippen molar-refractivity contribution < 1.29 is 17.6 Å². The van der Waals surface area contributed by atoms with Crippen molar-refractivity contribution in [2.75, 3.05) is 32.7 Å². The predicted octanol–water partition coefficient (Wildman–Crippen LogP) is 2.35. The number of sulfonamides is 1. The second-order valence-corrected chi connectivity index (χ2v) is 8.89. The zero-order chi connectivity index (χ0) is 21.6. The average molecular weight is 432 g/mol. The maximum absolute atomic E-state index is 13.8. The molecule has 6 nitrogen and oxygen atoms in total. The number of halogens is 1. The van der Waals surface area contributed by atoms with E-state index in [-0.39, 0.29) is 5.91 Å². The third kappa shape index (κ3) is 5.75. The molecule has 1 fully saturated rings. The smallest absolute Gasteiger partial charge is 0.244 e. The van der Waals surface area contributed by atoms with Crippen LogP contribution in [0.4, 0.5) is 4.39 Å². The van der Waals surface area contributed by atoms with Gasteiger partial charge in [0.05, 0.1) is 6.04 Å². The molecule has 1 aliphatic heterocycles. The molecule has 0 aliphatic carbocycles. The summed E-state index contributed by atoms with van der Waals surface area (Å²) in [7, 11) is -4.12. The van der Waals surface area contributed by atoms with Gasteiger partial charge in [-0.2, -0.15) is 4.72 Å². The van der Waals surface area contributed by atoms with Crippen LogP contribution in [0.1, 0.15) is 12.5 Å². The minimum atomic E-state index is -4.12. The van der Waals surface area contributed by atoms with Crippen molar-refractivity contribution in [2.24, 2.45) is 0 Å². The lowest BCUT2D eigenvalue weighted by Gasteiger charge is -2.35. The number of rotatable bonds is 7. The quantitative estimate of drug-likeness (QED) is 0.731. The molecule has 1 heterocycles. The van der Waals surface area contributed by atoms with E-state index < -0.39 is 26.8 Å². The molecule has 2 aromatic carbocycles. The van der Waals surface area contributed by atoms with Gasteiger partial charge in [-0.25, -0.2) is 12.8 Å². The fourth-order valence-electron chi connectivity index (χ4n) is 3.34. The van der Waals surface area contributed by atoms with Crippen molar-refractivity contribution in [1.82, 2.24) is 14.5 Å². The summed E-state index contributed by atoms with van der Waals surface area (Å²) >= 11 is 0. The van der Waals surface area contributed by atoms with Gasteiger partial charge in [0.2, 0.25) is 15.9 Å². The van der Waals surface area contributed by atoms with Crippen LogP contribution in [-0.4, -0.2) is 62.9 Å². The second-order valence-electron chi connectivity index (χ2n) is 7.21. The lowest BCUT2D eigenvalue weighted by molar-refractivity contribution is -0.134. The molecule has 0 saturated carbocycles. The zero-order valence-corrected chi connectivity index (χ0v) is 17.7. The number of carbonyl (C=O) groups is 1. The molecule has 0 radical (unpaired) electrons. The number of amides is 1. The summed E-state index contributed by atoms with van der Waals surface area (Å²) < 4.78 is 40.9. The monoisotopic (exact) mass is 431 g/mol. The molecule has 0 aromatic heterocycles. The van der Waals surface area contributed by atoms with Gasteiger partial charge < -0.3 is 4.90 Å². The van der Waals surface area contributed by atoms with Crippen molar-refractivity contribution >= 4 is 22.0 Å². The summed E-state index contributed by atoms with van der Waals surface area (Å²) in [6, 6.07) is 14.2. The number of hydrogen-bond donors (Lipinski definition) is 1. The molecular formula is C22H26FN3O3S. The van der Waals surface area contributed by atoms with Gasteiger partial charge in [-0.1, -0.05) is 54.6 Å². The Bertz CT molecular complexity index is 988. The molecule has 30 heavy (non-hydrogen) atoms. The third-order valence-corrected chi connectivity index (χ3v) is 6.56. The van der Waals surface area contributed by atoms with E-state index in [9.17, 15) is 17.6 Å². The number of carbonyl (C=O) groups excluding carboxylic acids is 1. The lowest BCUT2D eigenvalue weighted by Crippen LogP contribution is -2.54. The average Bonchev–Trinajstić information content (AvgIpc) is 2.74. The van der Waals surface area contributed by atoms with Crippen molar-refractivity contribution in [1.29, 1.82) is 0 Å². The fourth-order valence-corrected chi connectivity index (χ4v) is 4.61. The highest BCUT2D eigenvalue weighted by atomic mass is 32.2. The summed E-state index contributed by atoms with van der Waals surface area (Å²) in [5.74, 6) is -1.16. The maximum atomic E-state index is 13.8. The van der Waals surface area contributed by atoms with Crippen LogP contribution < -0.4 is 4.72 Å². The van der Waals surface area contributed by atoms with Crippen LogP contribution in [0.5, 0.6) is 0 Å². The summed E-state index contributed by atoms with van der Waals surface area (Å²) in [4.78, 5) is 16.1. The predicted molar refractivity (Wildman–Crippen MR) is 115 cm³/mol. The topological polar surface area (TPSA) is 69.7 Å². The Hall–Kier alpha value is -2.55. The Kier molecular flexibility index (Phi) is 7.36. The van der Waals surface area contributed by atoms with E-state index >= 15 is 0 Å². The first-order chi connectivity index (χ1) is 14.4. The number of nitrogens with zero attached hydrogens (tertiary/aromatic N) is 2. The van der Waals surface area contributed by atoms with E-state index in [0.29, 0.717) is 26.2 Å². The first-order valence-electron chi connectivity index (χ1n) is 9.86. The fraction of sp³-hybridized carbons (Fsp3) is 0.318. The molecular weight excluding hydrogens is 405 g/mol. The summed E-state index contributed by atoms with van der Waals surface area (Å²) in [6.07, 6.45) is 4.16. The van der Waals surface area contributed by atoms with Crippen LogP contribution in [0.3, 0.4) is 0 Å². The van der Waals surface area contributed by atoms with E-state index in [1.807, 2.05) is 30.3 Å². The van der Waals surface area contributed by atoms with Gasteiger partial charge in [0.15, 0.2) is 0 Å². The third-order valence-electron chi connectivity index (χ3n) is 4.99. The largest absolute Gasteiger partial charge is 0.339 e. The summed E-state index contributed by atoms with van der Waals surface area (Å²) in [5, 5.41) is 0. The van der Waals surface area contributed by atoms with Crippen molar-refractivity contribution in [2.45, 2.75) is 17.9 Å². The van der Waals surface area contributed by atoms with Crippen LogP contribution in [-0.2, 0) is 14.8 Å². The van der Waals surface area contributed by atoms with Crippen LogP contribution >= 0.6 is 0 Å². The Labute approximate surface area is 177 Å². The molecule has 0 bridgehead atoms. The molecule has 0 spiro atoms. The van der Waals surface area contributed by atoms with Crippen LogP contribution in [0.2, 0.25) is 0 Å². The lowest BCUT2D eigenvalue weighted by atomic mass is 10.2. The molecule has 0 unspecified atom stereocenters. The molecule has 1 amide bonds. The van der Waals surface area contributed by atoms with Gasteiger partial charge in [-0.05, 0) is 24.6 Å². The molecule has 160 valence electrons. The van der Waals surface area contributed by atoms with Crippen LogP contribution in [0.15, 0.2) is 65.6 Å². The molecule has 1 atom stereocenters. The molecule has 8 heteroatoms. The highest BCUT2D eigenvalue weighted by Crippen LogP contribution is 2.14. The molecule has 1 saturated heterocycles. The molecule has 1 N–H and O–H groups in total. The zero-order valence-electron chi connectivity index (χ0n) is 16.9. The van der Waals surface area contributed by atoms with Crippen molar-refractivity contribution in [3.63, 3.8) is 0 Å². The first-order valence-corrected chi connectivity index (χ1v) is 11.3. The standard InChI is InChI=1S/C22H26FN3O3S/c1-18(24-30(28,29)21-12-6-5-11-20(21)23)22(27)26-16-14-25(15-17-26)13-7-10-19-8-3-2-4-9-19/h2-12,18,24H,13-17H2,1H3/b10-7+/t18-/m0/s1. The van der Waals surface area contributed by atoms with E-state index in [0.717, 1.165) is 18.2 Å². The van der Waals surface area contributed by atoms with Gasteiger partial charge in [0.1, 0.15) is 10.7 Å². The van der Waals surface area contributed by atoms with Gasteiger partial charge in [0.25, 0.3) is 0 Å². The van der Waals surface area contributed by atoms with Crippen LogP contribution in [0, 0.1) is 5.82 Å². The number of piperazine rings is 1. The number of benzene rings is 2. The van der Waals surface area contributed by atoms with Crippen molar-refractivity contribution in [3.8, 4) is 0 Å². The van der Waals surface area contributed by atoms with Gasteiger partial charge in [0, 0.05) is 32.7 Å². The Morgan fingerprint density at radius 1 is 1.07 bits per heavy atom. The number of nitrogens with one attached hydrogen (secondary N) is 1. The van der Waals surface area contributed by atoms with Crippen LogP contribution in [0.25, 0.3) is 6.08 Å². The summed E-state index contributed by atoms with van der Waals surface area (Å²) in [5.41, 5.74) is 1.14. The normalized spacial score (nSPS) is 16.7. The minimum Gasteiger partial charge on any atom is -0.339 e. The molecule has 1 aliphatic rings. The highest BCUT2D eigenvalue weighted by molar-refractivity contribution is 7.89. The highest BCUT2D eigenvalue weighted by Gasteiger charge is 2.29. The molecule has 2 aromatic rings. The van der Waals surface area contributed by atoms with E-state index in [1.165, 1.54) is 25.1 Å². The number of hydrogen-bond acceptors (Lipinski definition) is 4. The van der Waals surface area contributed by atoms with Gasteiger partial charge in [-0.15, -0.1) is 0 Å². The SMILES string of the molecule is C[C@H](NS(=O)(=O)c1ccccc1F)C(=O)N1CCN(C/C=C/c2ccccc2)CC1. The Balaban J connectivity index is 1.50. The van der Waals surface area contributed by atoms with Crippen molar-refractivity contribution in [3.05, 3.63) is 72.1 Å². The first kappa shape index (κ1) is 22.1. The van der Waals surface area contributed by atoms with E-state index in [2.05, 4.69) is 21.8 Å². The van der Waals surface area contributed by atoms with Gasteiger partial charge in [-0.3, -0.25) is 9.69 Å². The molecule has 3 rings (SSSR count). The Morgan fingerprint density at radius 3 is 2.37 bits per heavy atom. The minimum absolute atomic E-state index is 0.311. The van der Waals surface area contributed by atoms with Gasteiger partial charge >= 0.3 is 0 Å². The van der Waals surface area contributed by atoms with E-state index in [4.69, 9.17) is 0 Å². The summed E-state index contributed by atoms with van der Waals surface area (Å²) in [6.45, 7) is 4.71. The van der Waals surface area contributed by atoms with E-state index in [1.54, 1.807) is 4.90 Å². The maximum Gasteiger partial charge on any atom is 0.244 e. The Morgan fingerprint density at radius 2 is 1.70 bits per heavy atom.